The molecule has 1 aromatic heterocycles. The lowest BCUT2D eigenvalue weighted by Gasteiger charge is -2.11. The number of amides is 1. The van der Waals surface area contributed by atoms with Gasteiger partial charge in [0.1, 0.15) is 5.75 Å². The molecule has 0 unspecified atom stereocenters. The molecule has 3 aromatic rings. The molecule has 0 aliphatic rings. The molecule has 0 aliphatic heterocycles. The summed E-state index contributed by atoms with van der Waals surface area (Å²) in [5, 5.41) is 13.4. The van der Waals surface area contributed by atoms with Gasteiger partial charge in [0.15, 0.2) is 0 Å². The van der Waals surface area contributed by atoms with Crippen molar-refractivity contribution in [2.75, 3.05) is 0 Å². The molecule has 5 heteroatoms. The van der Waals surface area contributed by atoms with Gasteiger partial charge in [-0.3, -0.25) is 4.79 Å². The second-order valence-corrected chi connectivity index (χ2v) is 6.75. The fourth-order valence-electron chi connectivity index (χ4n) is 3.23. The average molecular weight is 361 g/mol. The monoisotopic (exact) mass is 361 g/mol. The van der Waals surface area contributed by atoms with Crippen molar-refractivity contribution in [2.45, 2.75) is 27.7 Å². The van der Waals surface area contributed by atoms with Crippen LogP contribution in [-0.4, -0.2) is 21.8 Å². The number of nitrogens with one attached hydrogen (secondary N) is 1. The molecule has 0 bridgehead atoms. The van der Waals surface area contributed by atoms with Gasteiger partial charge in [0.05, 0.1) is 6.21 Å². The fraction of sp³-hybridized carbons (Fsp3) is 0.182. The molecule has 0 aliphatic carbocycles. The SMILES string of the molecule is Cc1cc(C)cc(-n2c(C)cc(/C=N/NC(=O)c3ccc(O)cc3)c2C)c1. The highest BCUT2D eigenvalue weighted by atomic mass is 16.3. The Balaban J connectivity index is 1.81. The van der Waals surface area contributed by atoms with Crippen LogP contribution in [-0.2, 0) is 0 Å². The van der Waals surface area contributed by atoms with Crippen molar-refractivity contribution in [1.82, 2.24) is 9.99 Å². The zero-order valence-corrected chi connectivity index (χ0v) is 15.9. The van der Waals surface area contributed by atoms with E-state index in [0.29, 0.717) is 5.56 Å². The number of hydrogen-bond acceptors (Lipinski definition) is 3. The van der Waals surface area contributed by atoms with E-state index >= 15 is 0 Å². The van der Waals surface area contributed by atoms with Gasteiger partial charge >= 0.3 is 0 Å². The summed E-state index contributed by atoms with van der Waals surface area (Å²) in [5.41, 5.74) is 9.61. The Labute approximate surface area is 159 Å². The second kappa shape index (κ2) is 7.50. The second-order valence-electron chi connectivity index (χ2n) is 6.75. The number of aromatic hydroxyl groups is 1. The highest BCUT2D eigenvalue weighted by Crippen LogP contribution is 2.21. The molecule has 0 radical (unpaired) electrons. The van der Waals surface area contributed by atoms with E-state index in [4.69, 9.17) is 0 Å². The lowest BCUT2D eigenvalue weighted by molar-refractivity contribution is 0.0955. The van der Waals surface area contributed by atoms with E-state index in [0.717, 1.165) is 22.6 Å². The van der Waals surface area contributed by atoms with Gasteiger partial charge < -0.3 is 9.67 Å². The predicted octanol–water partition coefficient (Wildman–Crippen LogP) is 4.18. The van der Waals surface area contributed by atoms with Crippen LogP contribution in [0.5, 0.6) is 5.75 Å². The van der Waals surface area contributed by atoms with E-state index in [1.54, 1.807) is 18.3 Å². The van der Waals surface area contributed by atoms with Gasteiger partial charge in [-0.2, -0.15) is 5.10 Å². The number of nitrogens with zero attached hydrogens (tertiary/aromatic N) is 2. The number of aryl methyl sites for hydroxylation is 3. The quantitative estimate of drug-likeness (QED) is 0.541. The molecule has 0 spiro atoms. The van der Waals surface area contributed by atoms with E-state index in [-0.39, 0.29) is 11.7 Å². The van der Waals surface area contributed by atoms with Crippen LogP contribution in [0.4, 0.5) is 0 Å². The third-order valence-corrected chi connectivity index (χ3v) is 4.43. The minimum atomic E-state index is -0.325. The minimum Gasteiger partial charge on any atom is -0.508 e. The van der Waals surface area contributed by atoms with Crippen LogP contribution >= 0.6 is 0 Å². The maximum absolute atomic E-state index is 12.1. The van der Waals surface area contributed by atoms with Crippen molar-refractivity contribution in [3.05, 3.63) is 82.2 Å². The molecule has 2 aromatic carbocycles. The molecule has 1 amide bonds. The number of carbonyl (C=O) groups excluding carboxylic acids is 1. The first kappa shape index (κ1) is 18.5. The van der Waals surface area contributed by atoms with Crippen LogP contribution in [0, 0.1) is 27.7 Å². The summed E-state index contributed by atoms with van der Waals surface area (Å²) in [5.74, 6) is -0.205. The Hall–Kier alpha value is -3.34. The minimum absolute atomic E-state index is 0.119. The van der Waals surface area contributed by atoms with Gasteiger partial charge in [-0.1, -0.05) is 6.07 Å². The molecule has 0 atom stereocenters. The van der Waals surface area contributed by atoms with Crippen LogP contribution in [0.3, 0.4) is 0 Å². The van der Waals surface area contributed by atoms with Gasteiger partial charge in [-0.25, -0.2) is 5.43 Å². The Morgan fingerprint density at radius 3 is 2.26 bits per heavy atom. The molecule has 0 saturated heterocycles. The first-order valence-electron chi connectivity index (χ1n) is 8.75. The third kappa shape index (κ3) is 4.08. The van der Waals surface area contributed by atoms with E-state index in [2.05, 4.69) is 54.1 Å². The van der Waals surface area contributed by atoms with Crippen molar-refractivity contribution >= 4 is 12.1 Å². The first-order chi connectivity index (χ1) is 12.8. The normalized spacial score (nSPS) is 11.1. The number of phenols is 1. The van der Waals surface area contributed by atoms with Gasteiger partial charge in [-0.15, -0.1) is 0 Å². The van der Waals surface area contributed by atoms with Gasteiger partial charge in [0, 0.05) is 28.2 Å². The van der Waals surface area contributed by atoms with Crippen LogP contribution in [0.1, 0.15) is 38.4 Å². The van der Waals surface area contributed by atoms with Crippen molar-refractivity contribution in [3.63, 3.8) is 0 Å². The smallest absolute Gasteiger partial charge is 0.271 e. The lowest BCUT2D eigenvalue weighted by Crippen LogP contribution is -2.17. The van der Waals surface area contributed by atoms with Crippen LogP contribution in [0.2, 0.25) is 0 Å². The average Bonchev–Trinajstić information content (AvgIpc) is 2.88. The Morgan fingerprint density at radius 1 is 1.00 bits per heavy atom. The van der Waals surface area contributed by atoms with Gasteiger partial charge in [0.25, 0.3) is 5.91 Å². The van der Waals surface area contributed by atoms with Gasteiger partial charge in [0.2, 0.25) is 0 Å². The summed E-state index contributed by atoms with van der Waals surface area (Å²) in [6.07, 6.45) is 1.65. The number of hydrogen-bond donors (Lipinski definition) is 2. The molecule has 3 rings (SSSR count). The zero-order valence-electron chi connectivity index (χ0n) is 15.9. The molecule has 2 N–H and O–H groups in total. The highest BCUT2D eigenvalue weighted by molar-refractivity contribution is 5.95. The summed E-state index contributed by atoms with van der Waals surface area (Å²) >= 11 is 0. The van der Waals surface area contributed by atoms with E-state index in [1.165, 1.54) is 23.3 Å². The van der Waals surface area contributed by atoms with E-state index in [9.17, 15) is 9.90 Å². The highest BCUT2D eigenvalue weighted by Gasteiger charge is 2.10. The van der Waals surface area contributed by atoms with E-state index < -0.39 is 0 Å². The molecule has 1 heterocycles. The summed E-state index contributed by atoms with van der Waals surface area (Å²) in [7, 11) is 0. The van der Waals surface area contributed by atoms with Crippen molar-refractivity contribution in [2.24, 2.45) is 5.10 Å². The number of hydrazone groups is 1. The molecular weight excluding hydrogens is 338 g/mol. The molecule has 138 valence electrons. The van der Waals surface area contributed by atoms with Crippen LogP contribution in [0.25, 0.3) is 5.69 Å². The predicted molar refractivity (Wildman–Crippen MR) is 108 cm³/mol. The van der Waals surface area contributed by atoms with Crippen LogP contribution in [0.15, 0.2) is 53.6 Å². The number of rotatable bonds is 4. The van der Waals surface area contributed by atoms with Crippen LogP contribution < -0.4 is 5.43 Å². The Morgan fingerprint density at radius 2 is 1.63 bits per heavy atom. The zero-order chi connectivity index (χ0) is 19.6. The number of phenolic OH excluding ortho intramolecular Hbond substituents is 1. The maximum atomic E-state index is 12.1. The molecule has 27 heavy (non-hydrogen) atoms. The summed E-state index contributed by atoms with van der Waals surface area (Å²) in [4.78, 5) is 12.1. The Kier molecular flexibility index (Phi) is 5.12. The summed E-state index contributed by atoms with van der Waals surface area (Å²) in [6.45, 7) is 8.27. The lowest BCUT2D eigenvalue weighted by atomic mass is 10.1. The largest absolute Gasteiger partial charge is 0.508 e. The topological polar surface area (TPSA) is 66.6 Å². The van der Waals surface area contributed by atoms with Crippen molar-refractivity contribution in [3.8, 4) is 11.4 Å². The number of benzene rings is 2. The van der Waals surface area contributed by atoms with E-state index in [1.807, 2.05) is 13.0 Å². The summed E-state index contributed by atoms with van der Waals surface area (Å²) < 4.78 is 2.18. The summed E-state index contributed by atoms with van der Waals surface area (Å²) in [6, 6.07) is 14.5. The van der Waals surface area contributed by atoms with Crippen molar-refractivity contribution in [1.29, 1.82) is 0 Å². The fourth-order valence-corrected chi connectivity index (χ4v) is 3.23. The molecule has 5 nitrogen and oxygen atoms in total. The maximum Gasteiger partial charge on any atom is 0.271 e. The molecule has 0 fully saturated rings. The van der Waals surface area contributed by atoms with Crippen molar-refractivity contribution < 1.29 is 9.90 Å². The molecular formula is C22H23N3O2. The first-order valence-corrected chi connectivity index (χ1v) is 8.75. The standard InChI is InChI=1S/C22H23N3O2/c1-14-9-15(2)11-20(10-14)25-16(3)12-19(17(25)4)13-23-24-22(27)18-5-7-21(26)8-6-18/h5-13,26H,1-4H3,(H,24,27)/b23-13+. The number of aromatic nitrogens is 1. The van der Waals surface area contributed by atoms with Gasteiger partial charge in [-0.05, 0) is 81.3 Å². The Bertz CT molecular complexity index is 995. The molecule has 0 saturated carbocycles. The number of carbonyl (C=O) groups is 1. The third-order valence-electron chi connectivity index (χ3n) is 4.43.